The minimum Gasteiger partial charge on any atom is -0.397 e. The number of nitrogen functional groups attached to an aromatic ring is 1. The zero-order chi connectivity index (χ0) is 9.97. The summed E-state index contributed by atoms with van der Waals surface area (Å²) in [5.41, 5.74) is 8.10. The van der Waals surface area contributed by atoms with Crippen LogP contribution in [0.2, 0.25) is 0 Å². The maximum Gasteiger partial charge on any atom is 0.0535 e. The number of hydrogen-bond donors (Lipinski definition) is 1. The van der Waals surface area contributed by atoms with Gasteiger partial charge < -0.3 is 5.73 Å². The van der Waals surface area contributed by atoms with Crippen molar-refractivity contribution in [2.45, 2.75) is 38.5 Å². The van der Waals surface area contributed by atoms with Crippen molar-refractivity contribution in [1.29, 1.82) is 0 Å². The fraction of sp³-hybridized carbons (Fsp3) is 0.583. The van der Waals surface area contributed by atoms with Crippen LogP contribution in [-0.2, 0) is 0 Å². The summed E-state index contributed by atoms with van der Waals surface area (Å²) >= 11 is 0. The molecule has 1 aliphatic rings. The molecule has 1 fully saturated rings. The smallest absolute Gasteiger partial charge is 0.0535 e. The third-order valence-corrected chi connectivity index (χ3v) is 3.34. The van der Waals surface area contributed by atoms with Crippen LogP contribution < -0.4 is 5.73 Å². The summed E-state index contributed by atoms with van der Waals surface area (Å²) in [6.07, 6.45) is 8.88. The largest absolute Gasteiger partial charge is 0.397 e. The molecule has 14 heavy (non-hydrogen) atoms. The molecule has 0 saturated heterocycles. The first kappa shape index (κ1) is 9.50. The maximum atomic E-state index is 5.92. The number of aromatic nitrogens is 1. The van der Waals surface area contributed by atoms with Crippen LogP contribution in [0.1, 0.15) is 44.1 Å². The Kier molecular flexibility index (Phi) is 2.71. The van der Waals surface area contributed by atoms with Crippen molar-refractivity contribution in [2.24, 2.45) is 5.92 Å². The Hall–Kier alpha value is -1.05. The maximum absolute atomic E-state index is 5.92. The van der Waals surface area contributed by atoms with Crippen molar-refractivity contribution in [3.8, 4) is 0 Å². The normalized spacial score (nSPS) is 27.5. The Balaban J connectivity index is 2.12. The van der Waals surface area contributed by atoms with Gasteiger partial charge in [0.1, 0.15) is 0 Å². The van der Waals surface area contributed by atoms with Crippen LogP contribution in [0.5, 0.6) is 0 Å². The lowest BCUT2D eigenvalue weighted by Crippen LogP contribution is -2.12. The standard InChI is InChI=1S/C12H18N2/c1-9-2-4-10(5-3-9)11-6-7-14-8-12(11)13/h6-10H,2-5,13H2,1H3. The van der Waals surface area contributed by atoms with Gasteiger partial charge in [0.15, 0.2) is 0 Å². The fourth-order valence-electron chi connectivity index (χ4n) is 2.36. The predicted molar refractivity (Wildman–Crippen MR) is 59.0 cm³/mol. The summed E-state index contributed by atoms with van der Waals surface area (Å²) in [7, 11) is 0. The van der Waals surface area contributed by atoms with E-state index in [4.69, 9.17) is 5.73 Å². The molecule has 2 nitrogen and oxygen atoms in total. The number of rotatable bonds is 1. The van der Waals surface area contributed by atoms with Crippen LogP contribution >= 0.6 is 0 Å². The Morgan fingerprint density at radius 3 is 2.64 bits per heavy atom. The molecular weight excluding hydrogens is 172 g/mol. The topological polar surface area (TPSA) is 38.9 Å². The molecule has 76 valence electrons. The molecule has 1 aromatic rings. The Morgan fingerprint density at radius 2 is 2.00 bits per heavy atom. The molecule has 2 N–H and O–H groups in total. The lowest BCUT2D eigenvalue weighted by atomic mass is 9.79. The van der Waals surface area contributed by atoms with E-state index in [1.54, 1.807) is 6.20 Å². The minimum atomic E-state index is 0.675. The molecule has 2 rings (SSSR count). The summed E-state index contributed by atoms with van der Waals surface area (Å²) in [6, 6.07) is 2.08. The van der Waals surface area contributed by atoms with E-state index in [1.807, 2.05) is 6.20 Å². The second-order valence-electron chi connectivity index (χ2n) is 4.46. The van der Waals surface area contributed by atoms with E-state index in [-0.39, 0.29) is 0 Å². The van der Waals surface area contributed by atoms with Gasteiger partial charge in [-0.05, 0) is 36.3 Å². The van der Waals surface area contributed by atoms with Crippen LogP contribution in [0.3, 0.4) is 0 Å². The number of nitrogens with two attached hydrogens (primary N) is 1. The molecule has 2 heteroatoms. The predicted octanol–water partition coefficient (Wildman–Crippen LogP) is 2.96. The van der Waals surface area contributed by atoms with Crippen molar-refractivity contribution >= 4 is 5.69 Å². The lowest BCUT2D eigenvalue weighted by molar-refractivity contribution is 0.348. The third kappa shape index (κ3) is 1.89. The molecule has 0 spiro atoms. The van der Waals surface area contributed by atoms with Gasteiger partial charge in [0.05, 0.1) is 11.9 Å². The first-order valence-electron chi connectivity index (χ1n) is 5.46. The summed E-state index contributed by atoms with van der Waals surface area (Å²) in [5, 5.41) is 0. The second kappa shape index (κ2) is 3.99. The molecular formula is C12H18N2. The van der Waals surface area contributed by atoms with Crippen molar-refractivity contribution in [3.63, 3.8) is 0 Å². The summed E-state index contributed by atoms with van der Waals surface area (Å²) < 4.78 is 0. The van der Waals surface area contributed by atoms with Gasteiger partial charge in [-0.1, -0.05) is 19.8 Å². The Labute approximate surface area is 85.5 Å². The summed E-state index contributed by atoms with van der Waals surface area (Å²) in [6.45, 7) is 2.34. The molecule has 0 aromatic carbocycles. The quantitative estimate of drug-likeness (QED) is 0.739. The molecule has 0 unspecified atom stereocenters. The van der Waals surface area contributed by atoms with Crippen molar-refractivity contribution in [2.75, 3.05) is 5.73 Å². The molecule has 1 aliphatic carbocycles. The molecule has 0 bridgehead atoms. The minimum absolute atomic E-state index is 0.675. The molecule has 1 aromatic heterocycles. The monoisotopic (exact) mass is 190 g/mol. The van der Waals surface area contributed by atoms with Gasteiger partial charge in [0.25, 0.3) is 0 Å². The summed E-state index contributed by atoms with van der Waals surface area (Å²) in [5.74, 6) is 1.57. The van der Waals surface area contributed by atoms with Crippen molar-refractivity contribution in [1.82, 2.24) is 4.98 Å². The van der Waals surface area contributed by atoms with E-state index in [0.717, 1.165) is 11.6 Å². The van der Waals surface area contributed by atoms with Crippen molar-refractivity contribution < 1.29 is 0 Å². The first-order chi connectivity index (χ1) is 6.77. The highest BCUT2D eigenvalue weighted by Crippen LogP contribution is 2.37. The van der Waals surface area contributed by atoms with Gasteiger partial charge in [-0.2, -0.15) is 0 Å². The average Bonchev–Trinajstić information content (AvgIpc) is 2.20. The highest BCUT2D eigenvalue weighted by molar-refractivity contribution is 5.46. The molecule has 1 saturated carbocycles. The SMILES string of the molecule is CC1CCC(c2ccncc2N)CC1. The van der Waals surface area contributed by atoms with E-state index in [2.05, 4.69) is 18.0 Å². The van der Waals surface area contributed by atoms with Gasteiger partial charge >= 0.3 is 0 Å². The Bertz CT molecular complexity index is 301. The van der Waals surface area contributed by atoms with Gasteiger partial charge in [-0.3, -0.25) is 4.98 Å². The van der Waals surface area contributed by atoms with Gasteiger partial charge in [0, 0.05) is 6.20 Å². The van der Waals surface area contributed by atoms with Crippen LogP contribution in [0, 0.1) is 5.92 Å². The number of nitrogens with zero attached hydrogens (tertiary/aromatic N) is 1. The van der Waals surface area contributed by atoms with Crippen LogP contribution in [-0.4, -0.2) is 4.98 Å². The third-order valence-electron chi connectivity index (χ3n) is 3.34. The molecule has 0 atom stereocenters. The van der Waals surface area contributed by atoms with E-state index >= 15 is 0 Å². The van der Waals surface area contributed by atoms with E-state index in [0.29, 0.717) is 5.92 Å². The van der Waals surface area contributed by atoms with E-state index < -0.39 is 0 Å². The zero-order valence-corrected chi connectivity index (χ0v) is 8.74. The highest BCUT2D eigenvalue weighted by Gasteiger charge is 2.20. The number of hydrogen-bond acceptors (Lipinski definition) is 2. The number of pyridine rings is 1. The Morgan fingerprint density at radius 1 is 1.29 bits per heavy atom. The fourth-order valence-corrected chi connectivity index (χ4v) is 2.36. The van der Waals surface area contributed by atoms with Crippen molar-refractivity contribution in [3.05, 3.63) is 24.0 Å². The van der Waals surface area contributed by atoms with Gasteiger partial charge in [-0.25, -0.2) is 0 Å². The molecule has 0 aliphatic heterocycles. The zero-order valence-electron chi connectivity index (χ0n) is 8.74. The van der Waals surface area contributed by atoms with Crippen LogP contribution in [0.15, 0.2) is 18.5 Å². The number of anilines is 1. The summed E-state index contributed by atoms with van der Waals surface area (Å²) in [4.78, 5) is 4.03. The molecule has 0 radical (unpaired) electrons. The average molecular weight is 190 g/mol. The second-order valence-corrected chi connectivity index (χ2v) is 4.46. The van der Waals surface area contributed by atoms with E-state index in [9.17, 15) is 0 Å². The molecule has 0 amide bonds. The van der Waals surface area contributed by atoms with Gasteiger partial charge in [-0.15, -0.1) is 0 Å². The van der Waals surface area contributed by atoms with E-state index in [1.165, 1.54) is 31.2 Å². The van der Waals surface area contributed by atoms with Crippen LogP contribution in [0.4, 0.5) is 5.69 Å². The van der Waals surface area contributed by atoms with Gasteiger partial charge in [0.2, 0.25) is 0 Å². The first-order valence-corrected chi connectivity index (χ1v) is 5.46. The van der Waals surface area contributed by atoms with Crippen LogP contribution in [0.25, 0.3) is 0 Å². The highest BCUT2D eigenvalue weighted by atomic mass is 14.7. The lowest BCUT2D eigenvalue weighted by Gasteiger charge is -2.27. The molecule has 1 heterocycles.